The maximum absolute atomic E-state index is 13.2. The second-order valence-corrected chi connectivity index (χ2v) is 4.79. The third kappa shape index (κ3) is 2.78. The van der Waals surface area contributed by atoms with E-state index in [1.54, 1.807) is 0 Å². The molecule has 1 aromatic heterocycles. The molecule has 106 valence electrons. The molecule has 0 aliphatic rings. The summed E-state index contributed by atoms with van der Waals surface area (Å²) in [7, 11) is 0. The molecular weight excluding hydrogens is 298 g/mol. The molecule has 0 amide bonds. The first kappa shape index (κ1) is 13.7. The molecule has 0 radical (unpaired) electrons. The summed E-state index contributed by atoms with van der Waals surface area (Å²) in [4.78, 5) is 4.13. The van der Waals surface area contributed by atoms with Gasteiger partial charge in [0.25, 0.3) is 0 Å². The minimum atomic E-state index is -0.968. The van der Waals surface area contributed by atoms with E-state index in [2.05, 4.69) is 10.1 Å². The van der Waals surface area contributed by atoms with Crippen molar-refractivity contribution in [1.82, 2.24) is 10.1 Å². The molecule has 0 aliphatic carbocycles. The Kier molecular flexibility index (Phi) is 3.66. The number of rotatable bonds is 3. The number of halogens is 3. The Labute approximate surface area is 124 Å². The minimum Gasteiger partial charge on any atom is -0.337 e. The number of hydrogen-bond acceptors (Lipinski definition) is 3. The molecule has 0 N–H and O–H groups in total. The Morgan fingerprint density at radius 3 is 2.48 bits per heavy atom. The first-order valence-electron chi connectivity index (χ1n) is 6.13. The summed E-state index contributed by atoms with van der Waals surface area (Å²) in [6, 6.07) is 12.6. The van der Waals surface area contributed by atoms with Crippen LogP contribution in [0.5, 0.6) is 0 Å². The molecular formula is C15H9ClF2N2O. The summed E-state index contributed by atoms with van der Waals surface area (Å²) in [6.07, 6.45) is 0. The van der Waals surface area contributed by atoms with Crippen LogP contribution in [-0.4, -0.2) is 10.1 Å². The second kappa shape index (κ2) is 5.61. The predicted molar refractivity (Wildman–Crippen MR) is 73.8 cm³/mol. The lowest BCUT2D eigenvalue weighted by Gasteiger charge is -2.03. The maximum atomic E-state index is 13.2. The Morgan fingerprint density at radius 2 is 1.76 bits per heavy atom. The van der Waals surface area contributed by atoms with Gasteiger partial charge in [-0.1, -0.05) is 35.5 Å². The van der Waals surface area contributed by atoms with Crippen LogP contribution in [0.25, 0.3) is 11.4 Å². The van der Waals surface area contributed by atoms with Crippen LogP contribution in [0.2, 0.25) is 0 Å². The van der Waals surface area contributed by atoms with Gasteiger partial charge in [-0.2, -0.15) is 4.98 Å². The van der Waals surface area contributed by atoms with Crippen LogP contribution in [0.1, 0.15) is 16.8 Å². The van der Waals surface area contributed by atoms with Crippen molar-refractivity contribution < 1.29 is 13.3 Å². The zero-order valence-electron chi connectivity index (χ0n) is 10.6. The quantitative estimate of drug-likeness (QED) is 0.676. The third-order valence-corrected chi connectivity index (χ3v) is 3.37. The molecule has 0 saturated heterocycles. The van der Waals surface area contributed by atoms with Crippen molar-refractivity contribution >= 4 is 11.6 Å². The molecule has 3 aromatic rings. The number of aromatic nitrogens is 2. The zero-order chi connectivity index (χ0) is 14.8. The molecule has 0 aliphatic heterocycles. The second-order valence-electron chi connectivity index (χ2n) is 4.36. The Hall–Kier alpha value is -2.27. The topological polar surface area (TPSA) is 38.9 Å². The number of nitrogens with zero attached hydrogens (tertiary/aromatic N) is 2. The number of alkyl halides is 1. The lowest BCUT2D eigenvalue weighted by molar-refractivity contribution is 0.383. The third-order valence-electron chi connectivity index (χ3n) is 2.93. The van der Waals surface area contributed by atoms with Gasteiger partial charge < -0.3 is 4.52 Å². The van der Waals surface area contributed by atoms with E-state index in [1.165, 1.54) is 6.07 Å². The van der Waals surface area contributed by atoms with Gasteiger partial charge in [-0.05, 0) is 23.8 Å². The smallest absolute Gasteiger partial charge is 0.249 e. The highest BCUT2D eigenvalue weighted by atomic mass is 35.5. The normalized spacial score (nSPS) is 12.3. The number of benzene rings is 2. The molecule has 2 aromatic carbocycles. The van der Waals surface area contributed by atoms with E-state index in [4.69, 9.17) is 16.1 Å². The average molecular weight is 307 g/mol. The fourth-order valence-corrected chi connectivity index (χ4v) is 2.09. The van der Waals surface area contributed by atoms with Crippen molar-refractivity contribution in [1.29, 1.82) is 0 Å². The van der Waals surface area contributed by atoms with Gasteiger partial charge in [-0.3, -0.25) is 0 Å². The fourth-order valence-electron chi connectivity index (χ4n) is 1.86. The van der Waals surface area contributed by atoms with E-state index in [9.17, 15) is 8.78 Å². The lowest BCUT2D eigenvalue weighted by Crippen LogP contribution is -1.93. The van der Waals surface area contributed by atoms with Crippen LogP contribution < -0.4 is 0 Å². The van der Waals surface area contributed by atoms with Gasteiger partial charge in [0.1, 0.15) is 5.38 Å². The van der Waals surface area contributed by atoms with Crippen LogP contribution in [0.4, 0.5) is 8.78 Å². The maximum Gasteiger partial charge on any atom is 0.249 e. The molecule has 1 unspecified atom stereocenters. The van der Waals surface area contributed by atoms with Gasteiger partial charge in [-0.15, -0.1) is 11.6 Å². The van der Waals surface area contributed by atoms with Gasteiger partial charge in [0.05, 0.1) is 0 Å². The fraction of sp³-hybridized carbons (Fsp3) is 0.0667. The molecule has 6 heteroatoms. The summed E-state index contributed by atoms with van der Waals surface area (Å²) < 4.78 is 31.2. The Balaban J connectivity index is 1.91. The summed E-state index contributed by atoms with van der Waals surface area (Å²) in [5.74, 6) is -1.54. The number of hydrogen-bond donors (Lipinski definition) is 0. The van der Waals surface area contributed by atoms with Crippen molar-refractivity contribution in [2.75, 3.05) is 0 Å². The van der Waals surface area contributed by atoms with E-state index in [-0.39, 0.29) is 11.7 Å². The monoisotopic (exact) mass is 306 g/mol. The van der Waals surface area contributed by atoms with Crippen molar-refractivity contribution in [2.45, 2.75) is 5.38 Å². The molecule has 21 heavy (non-hydrogen) atoms. The molecule has 3 rings (SSSR count). The zero-order valence-corrected chi connectivity index (χ0v) is 11.4. The van der Waals surface area contributed by atoms with Crippen molar-refractivity contribution in [3.8, 4) is 11.4 Å². The highest BCUT2D eigenvalue weighted by molar-refractivity contribution is 6.22. The van der Waals surface area contributed by atoms with Crippen molar-refractivity contribution in [3.05, 3.63) is 71.6 Å². The molecule has 1 heterocycles. The molecule has 0 spiro atoms. The van der Waals surface area contributed by atoms with Crippen molar-refractivity contribution in [2.24, 2.45) is 0 Å². The summed E-state index contributed by atoms with van der Waals surface area (Å²) in [6.45, 7) is 0. The molecule has 0 saturated carbocycles. The van der Waals surface area contributed by atoms with Crippen LogP contribution >= 0.6 is 11.6 Å². The van der Waals surface area contributed by atoms with Gasteiger partial charge >= 0.3 is 0 Å². The molecule has 1 atom stereocenters. The summed E-state index contributed by atoms with van der Waals surface area (Å²) >= 11 is 6.26. The van der Waals surface area contributed by atoms with Gasteiger partial charge in [0, 0.05) is 5.56 Å². The highest BCUT2D eigenvalue weighted by Gasteiger charge is 2.19. The van der Waals surface area contributed by atoms with E-state index >= 15 is 0 Å². The Bertz CT molecular complexity index is 761. The van der Waals surface area contributed by atoms with Gasteiger partial charge in [-0.25, -0.2) is 8.78 Å². The van der Waals surface area contributed by atoms with E-state index in [0.717, 1.165) is 17.7 Å². The van der Waals surface area contributed by atoms with E-state index in [0.29, 0.717) is 5.56 Å². The summed E-state index contributed by atoms with van der Waals surface area (Å²) in [5, 5.41) is 3.14. The largest absolute Gasteiger partial charge is 0.337 e. The SMILES string of the molecule is Fc1ccc(-c2noc(C(Cl)c3ccccc3)n2)cc1F. The van der Waals surface area contributed by atoms with Gasteiger partial charge in [0.15, 0.2) is 11.6 Å². The summed E-state index contributed by atoms with van der Waals surface area (Å²) in [5.41, 5.74) is 1.13. The average Bonchev–Trinajstić information content (AvgIpc) is 3.00. The van der Waals surface area contributed by atoms with Crippen LogP contribution in [0.3, 0.4) is 0 Å². The van der Waals surface area contributed by atoms with Gasteiger partial charge in [0.2, 0.25) is 11.7 Å². The Morgan fingerprint density at radius 1 is 1.00 bits per heavy atom. The lowest BCUT2D eigenvalue weighted by atomic mass is 10.1. The standard InChI is InChI=1S/C15H9ClF2N2O/c16-13(9-4-2-1-3-5-9)15-19-14(20-21-15)10-6-7-11(17)12(18)8-10/h1-8,13H. The molecule has 0 bridgehead atoms. The molecule has 3 nitrogen and oxygen atoms in total. The first-order valence-corrected chi connectivity index (χ1v) is 6.57. The van der Waals surface area contributed by atoms with E-state index in [1.807, 2.05) is 30.3 Å². The molecule has 0 fully saturated rings. The van der Waals surface area contributed by atoms with Crippen LogP contribution in [0, 0.1) is 11.6 Å². The van der Waals surface area contributed by atoms with Crippen LogP contribution in [-0.2, 0) is 0 Å². The van der Waals surface area contributed by atoms with E-state index < -0.39 is 17.0 Å². The van der Waals surface area contributed by atoms with Crippen molar-refractivity contribution in [3.63, 3.8) is 0 Å². The predicted octanol–water partition coefficient (Wildman–Crippen LogP) is 4.34. The first-order chi connectivity index (χ1) is 10.1. The minimum absolute atomic E-state index is 0.158. The highest BCUT2D eigenvalue weighted by Crippen LogP contribution is 2.29. The van der Waals surface area contributed by atoms with Crippen LogP contribution in [0.15, 0.2) is 53.1 Å².